The van der Waals surface area contributed by atoms with Gasteiger partial charge in [-0.3, -0.25) is 9.80 Å². The number of likely N-dealkylation sites (tertiary alicyclic amines) is 1. The average Bonchev–Trinajstić information content (AvgIpc) is 2.56. The third-order valence-corrected chi connectivity index (χ3v) is 5.49. The fraction of sp³-hybridized carbons (Fsp3) is 0.684. The first kappa shape index (κ1) is 18.4. The third kappa shape index (κ3) is 3.94. The Labute approximate surface area is 141 Å². The molecule has 4 nitrogen and oxygen atoms in total. The summed E-state index contributed by atoms with van der Waals surface area (Å²) in [5.74, 6) is 0. The van der Waals surface area contributed by atoms with Gasteiger partial charge in [-0.1, -0.05) is 44.2 Å². The Morgan fingerprint density at radius 1 is 1.17 bits per heavy atom. The highest BCUT2D eigenvalue weighted by Crippen LogP contribution is 2.37. The van der Waals surface area contributed by atoms with E-state index in [2.05, 4.69) is 66.9 Å². The van der Waals surface area contributed by atoms with Gasteiger partial charge in [-0.05, 0) is 39.2 Å². The van der Waals surface area contributed by atoms with Crippen LogP contribution in [0.3, 0.4) is 0 Å². The van der Waals surface area contributed by atoms with Crippen LogP contribution in [0.4, 0.5) is 0 Å². The van der Waals surface area contributed by atoms with E-state index in [1.165, 1.54) is 5.56 Å². The molecule has 1 N–H and O–H groups in total. The van der Waals surface area contributed by atoms with Crippen molar-refractivity contribution in [3.8, 4) is 0 Å². The number of piperidine rings is 1. The molecular weight excluding hydrogens is 286 g/mol. The molecule has 130 valence electrons. The van der Waals surface area contributed by atoms with Gasteiger partial charge in [-0.25, -0.2) is 0 Å². The van der Waals surface area contributed by atoms with Crippen molar-refractivity contribution >= 4 is 0 Å². The van der Waals surface area contributed by atoms with Crippen molar-refractivity contribution in [3.63, 3.8) is 0 Å². The van der Waals surface area contributed by atoms with Gasteiger partial charge < -0.3 is 10.0 Å². The highest BCUT2D eigenvalue weighted by molar-refractivity contribution is 5.27. The van der Waals surface area contributed by atoms with Crippen LogP contribution in [0.2, 0.25) is 0 Å². The van der Waals surface area contributed by atoms with Gasteiger partial charge in [0.1, 0.15) is 0 Å². The first-order chi connectivity index (χ1) is 11.0. The van der Waals surface area contributed by atoms with Crippen LogP contribution in [0.5, 0.6) is 0 Å². The van der Waals surface area contributed by atoms with Gasteiger partial charge in [0.25, 0.3) is 0 Å². The molecule has 0 amide bonds. The van der Waals surface area contributed by atoms with Crippen molar-refractivity contribution in [2.24, 2.45) is 0 Å². The lowest BCUT2D eigenvalue weighted by Crippen LogP contribution is -2.60. The number of benzene rings is 1. The molecule has 1 fully saturated rings. The molecule has 0 saturated carbocycles. The molecule has 1 aliphatic rings. The molecule has 4 heteroatoms. The van der Waals surface area contributed by atoms with E-state index in [-0.39, 0.29) is 11.6 Å². The number of nitrogens with zero attached hydrogens (tertiary/aromatic N) is 3. The Morgan fingerprint density at radius 3 is 2.35 bits per heavy atom. The van der Waals surface area contributed by atoms with Gasteiger partial charge in [0, 0.05) is 26.2 Å². The molecule has 0 radical (unpaired) electrons. The molecular formula is C19H33N3O. The molecule has 1 aromatic rings. The van der Waals surface area contributed by atoms with Gasteiger partial charge in [-0.2, -0.15) is 0 Å². The van der Waals surface area contributed by atoms with E-state index in [1.807, 2.05) is 6.07 Å². The Bertz CT molecular complexity index is 461. The Hall–Kier alpha value is -0.940. The monoisotopic (exact) mass is 319 g/mol. The zero-order valence-electron chi connectivity index (χ0n) is 15.2. The zero-order valence-corrected chi connectivity index (χ0v) is 15.2. The van der Waals surface area contributed by atoms with E-state index in [0.717, 1.165) is 45.7 Å². The van der Waals surface area contributed by atoms with Crippen LogP contribution in [-0.4, -0.2) is 79.3 Å². The molecule has 0 aromatic heterocycles. The summed E-state index contributed by atoms with van der Waals surface area (Å²) < 4.78 is 0. The van der Waals surface area contributed by atoms with Crippen molar-refractivity contribution in [2.75, 3.05) is 53.4 Å². The maximum Gasteiger partial charge on any atom is 0.0892 e. The van der Waals surface area contributed by atoms with E-state index in [0.29, 0.717) is 0 Å². The van der Waals surface area contributed by atoms with Crippen LogP contribution in [0, 0.1) is 0 Å². The molecule has 1 aliphatic heterocycles. The summed E-state index contributed by atoms with van der Waals surface area (Å²) in [6.45, 7) is 10.5. The van der Waals surface area contributed by atoms with E-state index < -0.39 is 0 Å². The molecule has 23 heavy (non-hydrogen) atoms. The fourth-order valence-corrected chi connectivity index (χ4v) is 3.85. The number of hydrogen-bond acceptors (Lipinski definition) is 4. The van der Waals surface area contributed by atoms with E-state index >= 15 is 0 Å². The summed E-state index contributed by atoms with van der Waals surface area (Å²) >= 11 is 0. The van der Waals surface area contributed by atoms with Crippen LogP contribution < -0.4 is 0 Å². The first-order valence-corrected chi connectivity index (χ1v) is 8.90. The van der Waals surface area contributed by atoms with Crippen LogP contribution in [0.25, 0.3) is 0 Å². The molecule has 0 bridgehead atoms. The van der Waals surface area contributed by atoms with Crippen LogP contribution in [0.15, 0.2) is 30.3 Å². The van der Waals surface area contributed by atoms with Gasteiger partial charge in [0.2, 0.25) is 0 Å². The summed E-state index contributed by atoms with van der Waals surface area (Å²) in [5, 5.41) is 11.0. The molecule has 1 saturated heterocycles. The predicted molar refractivity (Wildman–Crippen MR) is 96.7 cm³/mol. The Balaban J connectivity index is 2.06. The maximum absolute atomic E-state index is 11.0. The molecule has 0 spiro atoms. The second-order valence-electron chi connectivity index (χ2n) is 6.78. The van der Waals surface area contributed by atoms with Gasteiger partial charge in [0.15, 0.2) is 0 Å². The van der Waals surface area contributed by atoms with E-state index in [1.54, 1.807) is 0 Å². The molecule has 2 atom stereocenters. The lowest BCUT2D eigenvalue weighted by atomic mass is 9.77. The largest absolute Gasteiger partial charge is 0.389 e. The van der Waals surface area contributed by atoms with Gasteiger partial charge in [-0.15, -0.1) is 0 Å². The SMILES string of the molecule is CCN(CC)CCN1CC[C@](c2ccccc2)(N(C)C)[C@@H](O)C1. The Morgan fingerprint density at radius 2 is 1.83 bits per heavy atom. The summed E-state index contributed by atoms with van der Waals surface area (Å²) in [5.41, 5.74) is 0.952. The minimum atomic E-state index is -0.370. The smallest absolute Gasteiger partial charge is 0.0892 e. The summed E-state index contributed by atoms with van der Waals surface area (Å²) in [7, 11) is 4.17. The fourth-order valence-electron chi connectivity index (χ4n) is 3.85. The number of rotatable bonds is 7. The van der Waals surface area contributed by atoms with Crippen LogP contribution in [-0.2, 0) is 5.54 Å². The quantitative estimate of drug-likeness (QED) is 0.831. The average molecular weight is 319 g/mol. The normalized spacial score (nSPS) is 26.1. The standard InChI is InChI=1S/C19H33N3O/c1-5-21(6-2)14-15-22-13-12-19(20(3)4,18(23)16-22)17-10-8-7-9-11-17/h7-11,18,23H,5-6,12-16H2,1-4H3/t18-,19+/m0/s1. The van der Waals surface area contributed by atoms with E-state index in [9.17, 15) is 5.11 Å². The van der Waals surface area contributed by atoms with E-state index in [4.69, 9.17) is 0 Å². The zero-order chi connectivity index (χ0) is 16.9. The van der Waals surface area contributed by atoms with Crippen molar-refractivity contribution in [1.82, 2.24) is 14.7 Å². The second kappa shape index (κ2) is 8.25. The number of hydrogen-bond donors (Lipinski definition) is 1. The van der Waals surface area contributed by atoms with Crippen molar-refractivity contribution in [1.29, 1.82) is 0 Å². The number of aliphatic hydroxyl groups is 1. The molecule has 2 rings (SSSR count). The number of β-amino-alcohol motifs (C(OH)–C–C–N with tert-alkyl or cyclic N) is 1. The van der Waals surface area contributed by atoms with Crippen molar-refractivity contribution in [2.45, 2.75) is 31.9 Å². The molecule has 1 heterocycles. The summed E-state index contributed by atoms with van der Waals surface area (Å²) in [6, 6.07) is 10.5. The maximum atomic E-state index is 11.0. The Kier molecular flexibility index (Phi) is 6.60. The summed E-state index contributed by atoms with van der Waals surface area (Å²) in [4.78, 5) is 7.06. The number of aliphatic hydroxyl groups excluding tert-OH is 1. The molecule has 0 unspecified atom stereocenters. The topological polar surface area (TPSA) is 30.0 Å². The molecule has 0 aliphatic carbocycles. The minimum absolute atomic E-state index is 0.271. The summed E-state index contributed by atoms with van der Waals surface area (Å²) in [6.07, 6.45) is 0.592. The highest BCUT2D eigenvalue weighted by Gasteiger charge is 2.45. The van der Waals surface area contributed by atoms with Gasteiger partial charge >= 0.3 is 0 Å². The van der Waals surface area contributed by atoms with Crippen molar-refractivity contribution < 1.29 is 5.11 Å². The third-order valence-electron chi connectivity index (χ3n) is 5.49. The van der Waals surface area contributed by atoms with Crippen molar-refractivity contribution in [3.05, 3.63) is 35.9 Å². The lowest BCUT2D eigenvalue weighted by Gasteiger charge is -2.50. The van der Waals surface area contributed by atoms with Crippen LogP contribution >= 0.6 is 0 Å². The van der Waals surface area contributed by atoms with Crippen LogP contribution in [0.1, 0.15) is 25.8 Å². The minimum Gasteiger partial charge on any atom is -0.389 e. The molecule has 1 aromatic carbocycles. The highest BCUT2D eigenvalue weighted by atomic mass is 16.3. The van der Waals surface area contributed by atoms with Gasteiger partial charge in [0.05, 0.1) is 11.6 Å². The predicted octanol–water partition coefficient (Wildman–Crippen LogP) is 1.85. The second-order valence-corrected chi connectivity index (χ2v) is 6.78. The number of likely N-dealkylation sites (N-methyl/N-ethyl adjacent to an activating group) is 2. The lowest BCUT2D eigenvalue weighted by molar-refractivity contribution is -0.0693. The first-order valence-electron chi connectivity index (χ1n) is 8.90.